The van der Waals surface area contributed by atoms with Gasteiger partial charge in [0, 0.05) is 16.5 Å². The molecule has 0 spiro atoms. The van der Waals surface area contributed by atoms with Crippen LogP contribution in [0.4, 0.5) is 11.4 Å². The van der Waals surface area contributed by atoms with Crippen molar-refractivity contribution >= 4 is 44.1 Å². The highest BCUT2D eigenvalue weighted by Gasteiger charge is 2.15. The van der Waals surface area contributed by atoms with Crippen LogP contribution in [0.2, 0.25) is 0 Å². The highest BCUT2D eigenvalue weighted by atomic mass is 16.3. The Hall–Kier alpha value is -4.82. The topological polar surface area (TPSA) is 25.2 Å². The third-order valence-electron chi connectivity index (χ3n) is 6.86. The van der Waals surface area contributed by atoms with E-state index in [1.807, 2.05) is 12.1 Å². The Bertz CT molecular complexity index is 1850. The molecule has 7 rings (SSSR count). The summed E-state index contributed by atoms with van der Waals surface area (Å²) in [7, 11) is 0. The number of fused-ring (bicyclic) bond motifs is 5. The van der Waals surface area contributed by atoms with Crippen molar-refractivity contribution in [1.29, 1.82) is 0 Å². The quantitative estimate of drug-likeness (QED) is 0.282. The molecule has 36 heavy (non-hydrogen) atoms. The second-order valence-electron chi connectivity index (χ2n) is 9.06. The summed E-state index contributed by atoms with van der Waals surface area (Å²) in [5.41, 5.74) is 8.64. The molecule has 7 aromatic rings. The molecule has 0 saturated carbocycles. The molecule has 0 aliphatic rings. The zero-order valence-corrected chi connectivity index (χ0v) is 19.6. The van der Waals surface area contributed by atoms with E-state index < -0.39 is 0 Å². The predicted octanol–water partition coefficient (Wildman–Crippen LogP) is 9.82. The summed E-state index contributed by atoms with van der Waals surface area (Å²) in [6, 6.07) is 46.7. The lowest BCUT2D eigenvalue weighted by Gasteiger charge is -2.12. The summed E-state index contributed by atoms with van der Waals surface area (Å²) in [6.45, 7) is 0. The van der Waals surface area contributed by atoms with Crippen LogP contribution in [0.25, 0.3) is 55.0 Å². The first-order valence-corrected chi connectivity index (χ1v) is 12.2. The van der Waals surface area contributed by atoms with Gasteiger partial charge in [-0.3, -0.25) is 0 Å². The molecule has 0 amide bonds. The van der Waals surface area contributed by atoms with Gasteiger partial charge >= 0.3 is 0 Å². The molecule has 1 N–H and O–H groups in total. The Balaban J connectivity index is 1.30. The van der Waals surface area contributed by atoms with E-state index in [1.165, 1.54) is 33.0 Å². The lowest BCUT2D eigenvalue weighted by Crippen LogP contribution is -1.92. The lowest BCUT2D eigenvalue weighted by molar-refractivity contribution is 0.670. The number of anilines is 2. The van der Waals surface area contributed by atoms with E-state index in [0.29, 0.717) is 0 Å². The second kappa shape index (κ2) is 8.44. The summed E-state index contributed by atoms with van der Waals surface area (Å²) in [6.07, 6.45) is 0. The minimum atomic E-state index is 0.883. The van der Waals surface area contributed by atoms with E-state index in [-0.39, 0.29) is 0 Å². The summed E-state index contributed by atoms with van der Waals surface area (Å²) in [5.74, 6) is 0. The number of para-hydroxylation sites is 1. The first kappa shape index (κ1) is 20.5. The molecule has 0 fully saturated rings. The number of furan rings is 1. The molecule has 170 valence electrons. The van der Waals surface area contributed by atoms with Crippen LogP contribution in [-0.2, 0) is 0 Å². The van der Waals surface area contributed by atoms with Crippen LogP contribution in [0.3, 0.4) is 0 Å². The van der Waals surface area contributed by atoms with Crippen LogP contribution in [0.15, 0.2) is 138 Å². The van der Waals surface area contributed by atoms with Crippen molar-refractivity contribution in [2.45, 2.75) is 0 Å². The minimum Gasteiger partial charge on any atom is -0.454 e. The molecular formula is C34H23NO. The van der Waals surface area contributed by atoms with Crippen LogP contribution in [-0.4, -0.2) is 0 Å². The van der Waals surface area contributed by atoms with Gasteiger partial charge in [-0.05, 0) is 57.3 Å². The Kier molecular flexibility index (Phi) is 4.82. The van der Waals surface area contributed by atoms with Crippen LogP contribution < -0.4 is 5.32 Å². The van der Waals surface area contributed by atoms with Gasteiger partial charge < -0.3 is 9.73 Å². The number of benzene rings is 6. The summed E-state index contributed by atoms with van der Waals surface area (Å²) in [4.78, 5) is 0. The molecule has 0 aliphatic carbocycles. The fraction of sp³-hybridized carbons (Fsp3) is 0. The van der Waals surface area contributed by atoms with Crippen molar-refractivity contribution < 1.29 is 4.42 Å². The Labute approximate surface area is 209 Å². The molecule has 2 heteroatoms. The maximum Gasteiger partial charge on any atom is 0.159 e. The molecule has 0 saturated heterocycles. The Morgan fingerprint density at radius 1 is 0.500 bits per heavy atom. The first-order valence-electron chi connectivity index (χ1n) is 12.2. The first-order chi connectivity index (χ1) is 17.8. The van der Waals surface area contributed by atoms with E-state index in [1.54, 1.807) is 0 Å². The molecule has 0 unspecified atom stereocenters. The molecule has 0 radical (unpaired) electrons. The molecule has 1 heterocycles. The molecule has 0 aliphatic heterocycles. The summed E-state index contributed by atoms with van der Waals surface area (Å²) < 4.78 is 6.36. The van der Waals surface area contributed by atoms with Gasteiger partial charge in [0.2, 0.25) is 0 Å². The lowest BCUT2D eigenvalue weighted by atomic mass is 9.94. The van der Waals surface area contributed by atoms with Gasteiger partial charge in [0.05, 0.1) is 5.69 Å². The van der Waals surface area contributed by atoms with Crippen molar-refractivity contribution in [2.75, 3.05) is 5.32 Å². The van der Waals surface area contributed by atoms with Crippen LogP contribution in [0.1, 0.15) is 0 Å². The Morgan fingerprint density at radius 3 is 1.89 bits per heavy atom. The number of hydrogen-bond acceptors (Lipinski definition) is 2. The third-order valence-corrected chi connectivity index (χ3v) is 6.86. The zero-order chi connectivity index (χ0) is 23.9. The summed E-state index contributed by atoms with van der Waals surface area (Å²) in [5, 5.41) is 8.31. The van der Waals surface area contributed by atoms with Gasteiger partial charge in [-0.2, -0.15) is 0 Å². The largest absolute Gasteiger partial charge is 0.454 e. The molecule has 1 aromatic heterocycles. The standard InChI is InChI=1S/C34H23NO/c1-2-10-23(11-3-1)27-13-6-7-14-28(27)24-18-20-26(21-19-24)35-31-22-25-12-4-5-15-29(25)33-30-16-8-9-17-32(30)36-34(31)33/h1-22,35H. The van der Waals surface area contributed by atoms with E-state index >= 15 is 0 Å². The smallest absolute Gasteiger partial charge is 0.159 e. The minimum absolute atomic E-state index is 0.883. The molecule has 0 atom stereocenters. The average molecular weight is 462 g/mol. The van der Waals surface area contributed by atoms with Crippen molar-refractivity contribution in [3.63, 3.8) is 0 Å². The molecule has 2 nitrogen and oxygen atoms in total. The van der Waals surface area contributed by atoms with E-state index in [4.69, 9.17) is 4.42 Å². The van der Waals surface area contributed by atoms with Crippen LogP contribution in [0, 0.1) is 0 Å². The maximum atomic E-state index is 6.36. The van der Waals surface area contributed by atoms with Gasteiger partial charge in [0.25, 0.3) is 0 Å². The number of rotatable bonds is 4. The van der Waals surface area contributed by atoms with Crippen molar-refractivity contribution in [2.24, 2.45) is 0 Å². The van der Waals surface area contributed by atoms with Crippen molar-refractivity contribution in [3.05, 3.63) is 133 Å². The fourth-order valence-electron chi connectivity index (χ4n) is 5.16. The predicted molar refractivity (Wildman–Crippen MR) is 152 cm³/mol. The highest BCUT2D eigenvalue weighted by molar-refractivity contribution is 6.22. The number of hydrogen-bond donors (Lipinski definition) is 1. The van der Waals surface area contributed by atoms with E-state index in [9.17, 15) is 0 Å². The van der Waals surface area contributed by atoms with E-state index in [0.717, 1.165) is 33.3 Å². The molecule has 6 aromatic carbocycles. The highest BCUT2D eigenvalue weighted by Crippen LogP contribution is 2.40. The van der Waals surface area contributed by atoms with Crippen LogP contribution in [0.5, 0.6) is 0 Å². The summed E-state index contributed by atoms with van der Waals surface area (Å²) >= 11 is 0. The van der Waals surface area contributed by atoms with Crippen LogP contribution >= 0.6 is 0 Å². The monoisotopic (exact) mass is 461 g/mol. The van der Waals surface area contributed by atoms with Gasteiger partial charge in [-0.1, -0.05) is 109 Å². The fourth-order valence-corrected chi connectivity index (χ4v) is 5.16. The van der Waals surface area contributed by atoms with E-state index in [2.05, 4.69) is 127 Å². The van der Waals surface area contributed by atoms with Gasteiger partial charge in [-0.15, -0.1) is 0 Å². The van der Waals surface area contributed by atoms with Gasteiger partial charge in [0.15, 0.2) is 5.58 Å². The van der Waals surface area contributed by atoms with Gasteiger partial charge in [0.1, 0.15) is 5.58 Å². The second-order valence-corrected chi connectivity index (χ2v) is 9.06. The average Bonchev–Trinajstić information content (AvgIpc) is 3.35. The molecular weight excluding hydrogens is 438 g/mol. The third kappa shape index (κ3) is 3.43. The van der Waals surface area contributed by atoms with Gasteiger partial charge in [-0.25, -0.2) is 0 Å². The molecule has 0 bridgehead atoms. The Morgan fingerprint density at radius 2 is 1.11 bits per heavy atom. The zero-order valence-electron chi connectivity index (χ0n) is 19.6. The maximum absolute atomic E-state index is 6.36. The SMILES string of the molecule is c1ccc(-c2ccccc2-c2ccc(Nc3cc4ccccc4c4c3oc3ccccc34)cc2)cc1. The number of nitrogens with one attached hydrogen (secondary N) is 1. The van der Waals surface area contributed by atoms with Crippen molar-refractivity contribution in [1.82, 2.24) is 0 Å². The normalized spacial score (nSPS) is 11.3. The van der Waals surface area contributed by atoms with Crippen molar-refractivity contribution in [3.8, 4) is 22.3 Å².